The maximum Gasteiger partial charge on any atom is 0.389 e. The van der Waals surface area contributed by atoms with E-state index >= 15 is 0 Å². The van der Waals surface area contributed by atoms with Crippen LogP contribution in [0.5, 0.6) is 0 Å². The number of hydrogen-bond acceptors (Lipinski definition) is 2. The highest BCUT2D eigenvalue weighted by Crippen LogP contribution is 2.26. The first-order valence-electron chi connectivity index (χ1n) is 3.83. The van der Waals surface area contributed by atoms with Crippen LogP contribution in [0, 0.1) is 5.92 Å². The maximum atomic E-state index is 11.8. The van der Waals surface area contributed by atoms with Crippen LogP contribution in [0.15, 0.2) is 0 Å². The van der Waals surface area contributed by atoms with Gasteiger partial charge in [0, 0.05) is 12.8 Å². The lowest BCUT2D eigenvalue weighted by atomic mass is 9.99. The Balaban J connectivity index is 3.83. The van der Waals surface area contributed by atoms with E-state index in [1.54, 1.807) is 0 Å². The van der Waals surface area contributed by atoms with E-state index in [1.165, 1.54) is 0 Å². The van der Waals surface area contributed by atoms with Crippen LogP contribution < -0.4 is 5.73 Å². The third-order valence-corrected chi connectivity index (χ3v) is 1.62. The lowest BCUT2D eigenvalue weighted by Crippen LogP contribution is -2.22. The second-order valence-corrected chi connectivity index (χ2v) is 2.85. The number of hydrogen-bond donors (Lipinski definition) is 2. The van der Waals surface area contributed by atoms with Crippen molar-refractivity contribution in [3.63, 3.8) is 0 Å². The van der Waals surface area contributed by atoms with Crippen molar-refractivity contribution in [3.8, 4) is 0 Å². The van der Waals surface area contributed by atoms with Gasteiger partial charge in [0.1, 0.15) is 0 Å². The van der Waals surface area contributed by atoms with Crippen LogP contribution in [0.2, 0.25) is 0 Å². The summed E-state index contributed by atoms with van der Waals surface area (Å²) in [6.07, 6.45) is -5.55. The average molecular weight is 199 g/mol. The number of nitrogens with two attached hydrogens (primary N) is 1. The Morgan fingerprint density at radius 2 is 2.00 bits per heavy atom. The number of rotatable bonds is 5. The van der Waals surface area contributed by atoms with Gasteiger partial charge in [0.25, 0.3) is 0 Å². The molecule has 3 nitrogen and oxygen atoms in total. The predicted octanol–water partition coefficient (Wildman–Crippen LogP) is 1.38. The first-order chi connectivity index (χ1) is 5.85. The lowest BCUT2D eigenvalue weighted by molar-refractivity contribution is -0.147. The number of carbonyl (C=O) groups is 1. The van der Waals surface area contributed by atoms with E-state index in [0.29, 0.717) is 0 Å². The van der Waals surface area contributed by atoms with Crippen molar-refractivity contribution in [3.05, 3.63) is 0 Å². The molecule has 0 aliphatic rings. The third-order valence-electron chi connectivity index (χ3n) is 1.62. The Bertz CT molecular complexity index is 170. The van der Waals surface area contributed by atoms with E-state index in [1.807, 2.05) is 0 Å². The zero-order valence-electron chi connectivity index (χ0n) is 6.97. The van der Waals surface area contributed by atoms with Crippen LogP contribution >= 0.6 is 0 Å². The van der Waals surface area contributed by atoms with Crippen LogP contribution in [0.4, 0.5) is 13.2 Å². The molecule has 0 saturated carbocycles. The van der Waals surface area contributed by atoms with E-state index in [0.717, 1.165) is 0 Å². The van der Waals surface area contributed by atoms with Crippen LogP contribution in [0.25, 0.3) is 0 Å². The Kier molecular flexibility index (Phi) is 4.76. The molecule has 0 bridgehead atoms. The molecule has 1 atom stereocenters. The van der Waals surface area contributed by atoms with E-state index in [-0.39, 0.29) is 19.4 Å². The topological polar surface area (TPSA) is 63.3 Å². The fraction of sp³-hybridized carbons (Fsp3) is 0.857. The van der Waals surface area contributed by atoms with Gasteiger partial charge in [0.15, 0.2) is 0 Å². The molecule has 0 aliphatic carbocycles. The number of carboxylic acid groups (broad SMARTS) is 1. The predicted molar refractivity (Wildman–Crippen MR) is 40.1 cm³/mol. The SMILES string of the molecule is NCC(CCC(=O)O)CC(F)(F)F. The quantitative estimate of drug-likeness (QED) is 0.703. The number of alkyl halides is 3. The minimum Gasteiger partial charge on any atom is -0.481 e. The normalized spacial score (nSPS) is 14.2. The minimum absolute atomic E-state index is 0.0225. The van der Waals surface area contributed by atoms with Gasteiger partial charge in [0.05, 0.1) is 0 Å². The molecule has 0 aromatic heterocycles. The number of halogens is 3. The Morgan fingerprint density at radius 1 is 1.46 bits per heavy atom. The second kappa shape index (κ2) is 5.06. The lowest BCUT2D eigenvalue weighted by Gasteiger charge is -2.15. The van der Waals surface area contributed by atoms with E-state index in [2.05, 4.69) is 0 Å². The molecule has 3 N–H and O–H groups in total. The van der Waals surface area contributed by atoms with Gasteiger partial charge >= 0.3 is 12.1 Å². The maximum absolute atomic E-state index is 11.8. The van der Waals surface area contributed by atoms with Crippen molar-refractivity contribution in [2.75, 3.05) is 6.54 Å². The highest BCUT2D eigenvalue weighted by Gasteiger charge is 2.31. The van der Waals surface area contributed by atoms with Crippen molar-refractivity contribution in [2.45, 2.75) is 25.4 Å². The zero-order chi connectivity index (χ0) is 10.5. The summed E-state index contributed by atoms with van der Waals surface area (Å²) in [5.41, 5.74) is 5.07. The summed E-state index contributed by atoms with van der Waals surface area (Å²) in [6.45, 7) is -0.132. The Labute approximate surface area is 73.7 Å². The molecule has 78 valence electrons. The highest BCUT2D eigenvalue weighted by molar-refractivity contribution is 5.66. The minimum atomic E-state index is -4.26. The molecule has 0 amide bonds. The summed E-state index contributed by atoms with van der Waals surface area (Å²) in [5, 5.41) is 8.23. The molecule has 0 spiro atoms. The molecule has 6 heteroatoms. The van der Waals surface area contributed by atoms with Crippen LogP contribution in [0.1, 0.15) is 19.3 Å². The molecule has 0 saturated heterocycles. The van der Waals surface area contributed by atoms with Gasteiger partial charge in [-0.2, -0.15) is 13.2 Å². The molecular formula is C7H12F3NO2. The summed E-state index contributed by atoms with van der Waals surface area (Å²) >= 11 is 0. The van der Waals surface area contributed by atoms with E-state index < -0.39 is 24.5 Å². The molecule has 1 unspecified atom stereocenters. The smallest absolute Gasteiger partial charge is 0.389 e. The average Bonchev–Trinajstić information content (AvgIpc) is 1.95. The first-order valence-corrected chi connectivity index (χ1v) is 3.83. The molecule has 0 fully saturated rings. The van der Waals surface area contributed by atoms with Crippen molar-refractivity contribution in [1.29, 1.82) is 0 Å². The molecule has 0 aromatic rings. The zero-order valence-corrected chi connectivity index (χ0v) is 6.97. The summed E-state index contributed by atoms with van der Waals surface area (Å²) in [7, 11) is 0. The standard InChI is InChI=1S/C7H12F3NO2/c8-7(9,10)3-5(4-11)1-2-6(12)13/h5H,1-4,11H2,(H,12,13). The fourth-order valence-corrected chi connectivity index (χ4v) is 0.958. The van der Waals surface area contributed by atoms with Crippen molar-refractivity contribution < 1.29 is 23.1 Å². The third kappa shape index (κ3) is 7.58. The van der Waals surface area contributed by atoms with E-state index in [9.17, 15) is 18.0 Å². The first kappa shape index (κ1) is 12.2. The van der Waals surface area contributed by atoms with Crippen LogP contribution in [0.3, 0.4) is 0 Å². The largest absolute Gasteiger partial charge is 0.481 e. The van der Waals surface area contributed by atoms with Gasteiger partial charge < -0.3 is 10.8 Å². The molecular weight excluding hydrogens is 187 g/mol. The molecule has 0 aliphatic heterocycles. The summed E-state index contributed by atoms with van der Waals surface area (Å²) in [5.74, 6) is -1.88. The Morgan fingerprint density at radius 3 is 2.31 bits per heavy atom. The molecule has 0 radical (unpaired) electrons. The van der Waals surface area contributed by atoms with Crippen LogP contribution in [-0.4, -0.2) is 23.8 Å². The number of carboxylic acids is 1. The van der Waals surface area contributed by atoms with E-state index in [4.69, 9.17) is 10.8 Å². The van der Waals surface area contributed by atoms with Gasteiger partial charge in [0.2, 0.25) is 0 Å². The highest BCUT2D eigenvalue weighted by atomic mass is 19.4. The van der Waals surface area contributed by atoms with Gasteiger partial charge in [-0.05, 0) is 18.9 Å². The fourth-order valence-electron chi connectivity index (χ4n) is 0.958. The summed E-state index contributed by atoms with van der Waals surface area (Å²) < 4.78 is 35.4. The van der Waals surface area contributed by atoms with Gasteiger partial charge in [-0.15, -0.1) is 0 Å². The van der Waals surface area contributed by atoms with Gasteiger partial charge in [-0.3, -0.25) is 4.79 Å². The van der Waals surface area contributed by atoms with Crippen molar-refractivity contribution in [1.82, 2.24) is 0 Å². The van der Waals surface area contributed by atoms with Gasteiger partial charge in [-0.25, -0.2) is 0 Å². The van der Waals surface area contributed by atoms with Crippen LogP contribution in [-0.2, 0) is 4.79 Å². The molecule has 0 rings (SSSR count). The molecule has 0 heterocycles. The monoisotopic (exact) mass is 199 g/mol. The second-order valence-electron chi connectivity index (χ2n) is 2.85. The molecule has 0 aromatic carbocycles. The van der Waals surface area contributed by atoms with Crippen molar-refractivity contribution >= 4 is 5.97 Å². The Hall–Kier alpha value is -0.780. The summed E-state index contributed by atoms with van der Waals surface area (Å²) in [6, 6.07) is 0. The number of aliphatic carboxylic acids is 1. The summed E-state index contributed by atoms with van der Waals surface area (Å²) in [4.78, 5) is 10.1. The molecule has 13 heavy (non-hydrogen) atoms. The van der Waals surface area contributed by atoms with Crippen molar-refractivity contribution in [2.24, 2.45) is 11.7 Å². The van der Waals surface area contributed by atoms with Gasteiger partial charge in [-0.1, -0.05) is 0 Å².